The molecule has 120 heavy (non-hydrogen) atoms. The Morgan fingerprint density at radius 3 is 1.52 bits per heavy atom. The smallest absolute Gasteiger partial charge is 0.305 e. The zero-order chi connectivity index (χ0) is 86.7. The zero-order valence-corrected chi connectivity index (χ0v) is 79.1. The number of Topliss-reactive ketones (excluding diaryl/α,β-unsaturated/α-hetero) is 2. The maximum absolute atomic E-state index is 15.2. The third-order valence-electron chi connectivity index (χ3n) is 21.6. The van der Waals surface area contributed by atoms with E-state index in [1.807, 2.05) is 0 Å². The van der Waals surface area contributed by atoms with Gasteiger partial charge in [-0.3, -0.25) is 33.6 Å². The molecular formula is C97H151N4O14S5+. The van der Waals surface area contributed by atoms with Crippen molar-refractivity contribution in [2.45, 2.75) is 276 Å². The lowest BCUT2D eigenvalue weighted by Gasteiger charge is -2.27. The van der Waals surface area contributed by atoms with Crippen LogP contribution in [0.25, 0.3) is 0 Å². The molecule has 672 valence electrons. The number of hydrogen-bond donors (Lipinski definition) is 2. The summed E-state index contributed by atoms with van der Waals surface area (Å²) >= 11 is 8.34. The molecule has 1 amide bonds. The van der Waals surface area contributed by atoms with Crippen molar-refractivity contribution in [3.63, 3.8) is 0 Å². The quantitative estimate of drug-likeness (QED) is 0.0134. The molecule has 5 rings (SSSR count). The van der Waals surface area contributed by atoms with Crippen molar-refractivity contribution in [1.82, 2.24) is 10.6 Å². The van der Waals surface area contributed by atoms with Crippen LogP contribution in [0.5, 0.6) is 11.5 Å². The first kappa shape index (κ1) is 105. The minimum absolute atomic E-state index is 0.0686. The maximum atomic E-state index is 15.2. The summed E-state index contributed by atoms with van der Waals surface area (Å²) in [5.74, 6) is 4.04. The van der Waals surface area contributed by atoms with Crippen molar-refractivity contribution >= 4 is 117 Å². The van der Waals surface area contributed by atoms with Crippen LogP contribution in [0.1, 0.15) is 276 Å². The van der Waals surface area contributed by atoms with E-state index < -0.39 is 5.92 Å². The summed E-state index contributed by atoms with van der Waals surface area (Å²) in [7, 11) is 2.13. The van der Waals surface area contributed by atoms with E-state index in [4.69, 9.17) is 33.2 Å². The number of allylic oxidation sites excluding steroid dienone is 6. The van der Waals surface area contributed by atoms with Gasteiger partial charge < -0.3 is 48.7 Å². The van der Waals surface area contributed by atoms with Crippen molar-refractivity contribution in [3.05, 3.63) is 119 Å². The highest BCUT2D eigenvalue weighted by Gasteiger charge is 2.43. The molecule has 2 aliphatic heterocycles. The summed E-state index contributed by atoms with van der Waals surface area (Å²) < 4.78 is 44.2. The van der Waals surface area contributed by atoms with Crippen LogP contribution in [0, 0.1) is 5.92 Å². The van der Waals surface area contributed by atoms with Gasteiger partial charge in [-0.2, -0.15) is 63.4 Å². The van der Waals surface area contributed by atoms with Crippen molar-refractivity contribution in [3.8, 4) is 11.5 Å². The van der Waals surface area contributed by atoms with Gasteiger partial charge >= 0.3 is 23.9 Å². The Bertz CT molecular complexity index is 3470. The molecule has 0 aromatic heterocycles. The zero-order valence-electron chi connectivity index (χ0n) is 75.0. The van der Waals surface area contributed by atoms with E-state index in [1.165, 1.54) is 22.5 Å². The molecular weight excluding hydrogens is 1610 g/mol. The third-order valence-corrected chi connectivity index (χ3v) is 27.6. The topological polar surface area (TPSA) is 214 Å². The number of rotatable bonds is 73. The average Bonchev–Trinajstić information content (AvgIpc) is 1.60. The molecule has 0 radical (unpaired) electrons. The third kappa shape index (κ3) is 42.8. The van der Waals surface area contributed by atoms with E-state index in [0.29, 0.717) is 129 Å². The van der Waals surface area contributed by atoms with Gasteiger partial charge in [0.25, 0.3) is 0 Å². The number of unbranched alkanes of at least 4 members (excludes halogenated alkanes) is 16. The minimum Gasteiger partial charge on any atom is -0.492 e. The van der Waals surface area contributed by atoms with E-state index in [-0.39, 0.29) is 115 Å². The number of amides is 1. The van der Waals surface area contributed by atoms with Crippen LogP contribution in [0.15, 0.2) is 103 Å². The van der Waals surface area contributed by atoms with Crippen LogP contribution in [-0.4, -0.2) is 194 Å². The highest BCUT2D eigenvalue weighted by atomic mass is 32.2. The van der Waals surface area contributed by atoms with Crippen LogP contribution in [-0.2, 0) is 63.3 Å². The van der Waals surface area contributed by atoms with E-state index >= 15 is 4.79 Å². The lowest BCUT2D eigenvalue weighted by molar-refractivity contribution is -0.401. The Kier molecular flexibility index (Phi) is 56.0. The number of ketones is 2. The first-order valence-corrected chi connectivity index (χ1v) is 51.1. The Labute approximate surface area is 744 Å². The normalized spacial score (nSPS) is 14.5. The number of para-hydroxylation sites is 2. The molecule has 0 fully saturated rings. The molecule has 2 heterocycles. The number of esters is 4. The fourth-order valence-electron chi connectivity index (χ4n) is 14.7. The maximum Gasteiger partial charge on any atom is 0.305 e. The number of hydrogen-bond acceptors (Lipinski definition) is 21. The van der Waals surface area contributed by atoms with E-state index in [2.05, 4.69) is 168 Å². The fourth-order valence-corrected chi connectivity index (χ4v) is 19.6. The second-order valence-corrected chi connectivity index (χ2v) is 38.8. The van der Waals surface area contributed by atoms with E-state index in [9.17, 15) is 28.8 Å². The largest absolute Gasteiger partial charge is 0.492 e. The lowest BCUT2D eigenvalue weighted by Crippen LogP contribution is -2.34. The summed E-state index contributed by atoms with van der Waals surface area (Å²) in [4.78, 5) is 97.1. The number of carbonyl (C=O) groups is 7. The van der Waals surface area contributed by atoms with E-state index in [1.54, 1.807) is 77.0 Å². The number of fused-ring (bicyclic) bond motifs is 2. The Balaban J connectivity index is 1.36. The van der Waals surface area contributed by atoms with Gasteiger partial charge in [-0.15, -0.1) is 0 Å². The number of anilines is 1. The van der Waals surface area contributed by atoms with Crippen LogP contribution in [0.3, 0.4) is 0 Å². The molecule has 0 bridgehead atoms. The van der Waals surface area contributed by atoms with Gasteiger partial charge in [0.1, 0.15) is 64.0 Å². The summed E-state index contributed by atoms with van der Waals surface area (Å²) in [5, 5.41) is 6.35. The van der Waals surface area contributed by atoms with Gasteiger partial charge in [0.2, 0.25) is 11.6 Å². The summed E-state index contributed by atoms with van der Waals surface area (Å²) in [6.07, 6.45) is 36.1. The number of nitrogens with zero attached hydrogens (tertiary/aromatic N) is 2. The molecule has 0 aliphatic carbocycles. The van der Waals surface area contributed by atoms with Crippen LogP contribution in [0.2, 0.25) is 0 Å². The Hall–Kier alpha value is -5.69. The molecule has 3 unspecified atom stereocenters. The summed E-state index contributed by atoms with van der Waals surface area (Å²) in [6, 6.07) is 22.3. The van der Waals surface area contributed by atoms with Crippen LogP contribution < -0.4 is 25.0 Å². The molecule has 23 heteroatoms. The van der Waals surface area contributed by atoms with Crippen molar-refractivity contribution in [1.29, 1.82) is 0 Å². The first-order valence-electron chi connectivity index (χ1n) is 45.5. The molecule has 0 saturated heterocycles. The minimum atomic E-state index is -0.701. The molecule has 2 N–H and O–H groups in total. The standard InChI is InChI=1S/C97H150N4O14S5/c1-11-16-20-24-31-48-91(104)110-58-64-117-75-82(119-66-60-112-93(106)50-33-26-22-18-13-3)73-114-80-68-78(69-81(71-80)115-74-83(120-67-61-113-94(107)51-34-27-23-19-14-4)76-118-65-59-111-92(105)49-32-25-21-17-12-2)88(103)70-77(95(108)99-54-63-116-62-40-57-109-56-15-5)41-39-53-98-72-79(102)52-55-101-87-45-38-36-43-85(87)97(8,9)90(101)47-30-28-29-46-89-96(6,7)84-42-35-37-44-86(84)100(89)10/h28-30,35-38,42-47,68-69,71,77,82-83,98H,11-27,31-34,39-41,48-67,70,72-76H2,1-10H3/p+1. The SMILES string of the molecule is CCCCCCCC(=O)OCCSCC(COc1cc(OCC(CSCCOC(=O)CCCCCCC)SCCOC(=O)CCCCCCC)cc(C(=O)CC(CCCNCC(=O)CCN2/C(=C/C=C/C=C/C3=[N+](C)c4ccccc4C3(C)C)C(C)(C)c3ccccc32)C(=O)NCCSCCCOCCC)c1)SCCOC(=O)CCCCCCC. The second kappa shape index (κ2) is 64.1. The summed E-state index contributed by atoms with van der Waals surface area (Å²) in [5.41, 5.74) is 7.07. The van der Waals surface area contributed by atoms with Crippen molar-refractivity contribution < 1.29 is 71.3 Å². The van der Waals surface area contributed by atoms with Crippen LogP contribution in [0.4, 0.5) is 11.4 Å². The van der Waals surface area contributed by atoms with Gasteiger partial charge in [0, 0.05) is 168 Å². The van der Waals surface area contributed by atoms with Gasteiger partial charge in [0.05, 0.1) is 12.0 Å². The number of carbonyl (C=O) groups excluding carboxylic acids is 7. The number of nitrogens with one attached hydrogen (secondary N) is 2. The van der Waals surface area contributed by atoms with Gasteiger partial charge in [-0.1, -0.05) is 206 Å². The predicted molar refractivity (Wildman–Crippen MR) is 506 cm³/mol. The van der Waals surface area contributed by atoms with Crippen LogP contribution >= 0.6 is 58.8 Å². The molecule has 18 nitrogen and oxygen atoms in total. The fraction of sp³-hybridized carbons (Fsp3) is 0.670. The second-order valence-electron chi connectivity index (χ2n) is 32.5. The van der Waals surface area contributed by atoms with Gasteiger partial charge in [-0.25, -0.2) is 0 Å². The van der Waals surface area contributed by atoms with Crippen molar-refractivity contribution in [2.24, 2.45) is 5.92 Å². The Morgan fingerprint density at radius 1 is 0.492 bits per heavy atom. The monoisotopic (exact) mass is 1760 g/mol. The summed E-state index contributed by atoms with van der Waals surface area (Å²) in [6.45, 7) is 24.3. The highest BCUT2D eigenvalue weighted by Crippen LogP contribution is 2.48. The average molecular weight is 1760 g/mol. The molecule has 2 aliphatic rings. The van der Waals surface area contributed by atoms with Gasteiger partial charge in [-0.05, 0) is 107 Å². The predicted octanol–water partition coefficient (Wildman–Crippen LogP) is 21.4. The molecule has 3 aromatic carbocycles. The highest BCUT2D eigenvalue weighted by molar-refractivity contribution is 8.03. The number of thioether (sulfide) groups is 5. The number of benzene rings is 3. The van der Waals surface area contributed by atoms with E-state index in [0.717, 1.165) is 165 Å². The number of ether oxygens (including phenoxy) is 7. The molecule has 0 spiro atoms. The molecule has 0 saturated carbocycles. The molecule has 3 atom stereocenters. The lowest BCUT2D eigenvalue weighted by atomic mass is 9.81. The molecule has 3 aromatic rings. The van der Waals surface area contributed by atoms with Gasteiger partial charge in [0.15, 0.2) is 11.5 Å². The van der Waals surface area contributed by atoms with Crippen molar-refractivity contribution in [2.75, 3.05) is 137 Å². The first-order chi connectivity index (χ1) is 58.3. The Morgan fingerprint density at radius 2 is 1.00 bits per heavy atom.